The second-order valence-electron chi connectivity index (χ2n) is 4.62. The number of thiazole rings is 1. The second kappa shape index (κ2) is 4.78. The number of aromatic nitrogens is 1. The fourth-order valence-corrected chi connectivity index (χ4v) is 3.42. The van der Waals surface area contributed by atoms with Crippen LogP contribution in [0, 0.1) is 12.7 Å². The highest BCUT2D eigenvalue weighted by Gasteiger charge is 2.21. The molecule has 2 nitrogen and oxygen atoms in total. The van der Waals surface area contributed by atoms with Crippen LogP contribution in [0.5, 0.6) is 0 Å². The van der Waals surface area contributed by atoms with E-state index in [4.69, 9.17) is 4.98 Å². The molecule has 1 aromatic carbocycles. The number of nitrogens with one attached hydrogen (secondary N) is 1. The molecule has 1 unspecified atom stereocenters. The first-order valence-electron chi connectivity index (χ1n) is 6.20. The zero-order valence-electron chi connectivity index (χ0n) is 10.2. The molecule has 1 aliphatic heterocycles. The summed E-state index contributed by atoms with van der Waals surface area (Å²) in [4.78, 5) is 5.85. The van der Waals surface area contributed by atoms with E-state index in [1.54, 1.807) is 23.5 Å². The first-order valence-corrected chi connectivity index (χ1v) is 7.02. The normalized spacial score (nSPS) is 19.3. The maximum absolute atomic E-state index is 13.3. The molecule has 2 heterocycles. The summed E-state index contributed by atoms with van der Waals surface area (Å²) in [6.45, 7) is 3.12. The summed E-state index contributed by atoms with van der Waals surface area (Å²) < 4.78 is 13.3. The summed E-state index contributed by atoms with van der Waals surface area (Å²) in [5, 5.41) is 4.58. The Morgan fingerprint density at radius 2 is 2.33 bits per heavy atom. The van der Waals surface area contributed by atoms with Crippen molar-refractivity contribution in [2.45, 2.75) is 25.8 Å². The van der Waals surface area contributed by atoms with Crippen LogP contribution in [0.4, 0.5) is 4.39 Å². The highest BCUT2D eigenvalue weighted by atomic mass is 32.1. The maximum atomic E-state index is 13.3. The molecule has 1 atom stereocenters. The van der Waals surface area contributed by atoms with Gasteiger partial charge in [-0.2, -0.15) is 0 Å². The summed E-state index contributed by atoms with van der Waals surface area (Å²) in [7, 11) is 0. The smallest absolute Gasteiger partial charge is 0.123 e. The molecule has 4 heteroatoms. The summed E-state index contributed by atoms with van der Waals surface area (Å²) >= 11 is 1.72. The number of halogens is 1. The Balaban J connectivity index is 1.97. The van der Waals surface area contributed by atoms with Crippen molar-refractivity contribution in [3.63, 3.8) is 0 Å². The zero-order valence-corrected chi connectivity index (χ0v) is 11.1. The van der Waals surface area contributed by atoms with E-state index in [0.717, 1.165) is 34.1 Å². The molecule has 0 saturated carbocycles. The van der Waals surface area contributed by atoms with Gasteiger partial charge in [0.1, 0.15) is 10.8 Å². The fourth-order valence-electron chi connectivity index (χ4n) is 2.36. The van der Waals surface area contributed by atoms with Crippen LogP contribution in [0.2, 0.25) is 0 Å². The van der Waals surface area contributed by atoms with E-state index in [2.05, 4.69) is 12.2 Å². The number of hydrogen-bond donors (Lipinski definition) is 1. The Morgan fingerprint density at radius 1 is 1.44 bits per heavy atom. The first kappa shape index (κ1) is 11.8. The number of benzene rings is 1. The van der Waals surface area contributed by atoms with E-state index in [1.165, 1.54) is 12.5 Å². The van der Waals surface area contributed by atoms with Crippen molar-refractivity contribution in [1.82, 2.24) is 10.3 Å². The molecular formula is C14H15FN2S. The molecule has 1 aliphatic rings. The lowest BCUT2D eigenvalue weighted by atomic mass is 10.1. The summed E-state index contributed by atoms with van der Waals surface area (Å²) in [6.07, 6.45) is 2.36. The summed E-state index contributed by atoms with van der Waals surface area (Å²) in [5.74, 6) is -0.208. The predicted octanol–water partition coefficient (Wildman–Crippen LogP) is 3.68. The van der Waals surface area contributed by atoms with Crippen LogP contribution in [0.1, 0.15) is 28.8 Å². The fraction of sp³-hybridized carbons (Fsp3) is 0.357. The van der Waals surface area contributed by atoms with Crippen molar-refractivity contribution in [2.24, 2.45) is 0 Å². The molecule has 1 aromatic heterocycles. The van der Waals surface area contributed by atoms with Crippen LogP contribution in [-0.2, 0) is 0 Å². The zero-order chi connectivity index (χ0) is 12.5. The number of nitrogens with zero attached hydrogens (tertiary/aromatic N) is 1. The molecular weight excluding hydrogens is 247 g/mol. The number of aryl methyl sites for hydroxylation is 1. The summed E-state index contributed by atoms with van der Waals surface area (Å²) in [5.41, 5.74) is 1.79. The van der Waals surface area contributed by atoms with Gasteiger partial charge in [0, 0.05) is 10.4 Å². The van der Waals surface area contributed by atoms with Crippen molar-refractivity contribution in [1.29, 1.82) is 0 Å². The largest absolute Gasteiger partial charge is 0.308 e. The summed E-state index contributed by atoms with van der Waals surface area (Å²) in [6, 6.07) is 7.04. The SMILES string of the molecule is Cc1sc(C2CCCN2)nc1-c1cccc(F)c1. The van der Waals surface area contributed by atoms with E-state index in [0.29, 0.717) is 6.04 Å². The molecule has 0 spiro atoms. The minimum atomic E-state index is -0.208. The highest BCUT2D eigenvalue weighted by Crippen LogP contribution is 2.33. The molecule has 1 fully saturated rings. The van der Waals surface area contributed by atoms with Gasteiger partial charge in [0.05, 0.1) is 11.7 Å². The first-order chi connectivity index (χ1) is 8.74. The lowest BCUT2D eigenvalue weighted by molar-refractivity contribution is 0.628. The van der Waals surface area contributed by atoms with Gasteiger partial charge in [0.25, 0.3) is 0 Å². The Hall–Kier alpha value is -1.26. The van der Waals surface area contributed by atoms with Gasteiger partial charge in [-0.1, -0.05) is 12.1 Å². The maximum Gasteiger partial charge on any atom is 0.123 e. The monoisotopic (exact) mass is 262 g/mol. The van der Waals surface area contributed by atoms with Gasteiger partial charge in [-0.05, 0) is 38.4 Å². The molecule has 3 rings (SSSR count). The Kier molecular flexibility index (Phi) is 3.14. The number of hydrogen-bond acceptors (Lipinski definition) is 3. The molecule has 1 N–H and O–H groups in total. The van der Waals surface area contributed by atoms with Gasteiger partial charge in [-0.3, -0.25) is 0 Å². The van der Waals surface area contributed by atoms with E-state index < -0.39 is 0 Å². The van der Waals surface area contributed by atoms with Crippen LogP contribution in [-0.4, -0.2) is 11.5 Å². The third kappa shape index (κ3) is 2.18. The molecule has 94 valence electrons. The van der Waals surface area contributed by atoms with Gasteiger partial charge in [0.15, 0.2) is 0 Å². The Bertz CT molecular complexity index is 559. The van der Waals surface area contributed by atoms with Crippen LogP contribution >= 0.6 is 11.3 Å². The van der Waals surface area contributed by atoms with Gasteiger partial charge >= 0.3 is 0 Å². The molecule has 0 radical (unpaired) electrons. The molecule has 2 aromatic rings. The Labute approximate surface area is 110 Å². The van der Waals surface area contributed by atoms with Crippen molar-refractivity contribution in [2.75, 3.05) is 6.54 Å². The average molecular weight is 262 g/mol. The van der Waals surface area contributed by atoms with Gasteiger partial charge in [-0.25, -0.2) is 9.37 Å². The molecule has 1 saturated heterocycles. The highest BCUT2D eigenvalue weighted by molar-refractivity contribution is 7.12. The van der Waals surface area contributed by atoms with Gasteiger partial charge in [-0.15, -0.1) is 11.3 Å². The minimum Gasteiger partial charge on any atom is -0.308 e. The van der Waals surface area contributed by atoms with Crippen molar-refractivity contribution in [3.05, 3.63) is 40.0 Å². The van der Waals surface area contributed by atoms with Gasteiger partial charge in [0.2, 0.25) is 0 Å². The molecule has 18 heavy (non-hydrogen) atoms. The Morgan fingerprint density at radius 3 is 3.06 bits per heavy atom. The lowest BCUT2D eigenvalue weighted by Crippen LogP contribution is -2.12. The van der Waals surface area contributed by atoms with E-state index in [-0.39, 0.29) is 5.82 Å². The second-order valence-corrected chi connectivity index (χ2v) is 5.85. The third-order valence-electron chi connectivity index (χ3n) is 3.27. The quantitative estimate of drug-likeness (QED) is 0.893. The van der Waals surface area contributed by atoms with Crippen molar-refractivity contribution >= 4 is 11.3 Å². The van der Waals surface area contributed by atoms with Crippen molar-refractivity contribution < 1.29 is 4.39 Å². The third-order valence-corrected chi connectivity index (χ3v) is 4.35. The van der Waals surface area contributed by atoms with Crippen molar-refractivity contribution in [3.8, 4) is 11.3 Å². The number of rotatable bonds is 2. The van der Waals surface area contributed by atoms with Crippen LogP contribution < -0.4 is 5.32 Å². The van der Waals surface area contributed by atoms with Crippen LogP contribution in [0.15, 0.2) is 24.3 Å². The topological polar surface area (TPSA) is 24.9 Å². The van der Waals surface area contributed by atoms with Gasteiger partial charge < -0.3 is 5.32 Å². The predicted molar refractivity (Wildman–Crippen MR) is 72.2 cm³/mol. The molecule has 0 bridgehead atoms. The van der Waals surface area contributed by atoms with E-state index in [9.17, 15) is 4.39 Å². The van der Waals surface area contributed by atoms with Crippen LogP contribution in [0.25, 0.3) is 11.3 Å². The van der Waals surface area contributed by atoms with E-state index in [1.807, 2.05) is 6.07 Å². The lowest BCUT2D eigenvalue weighted by Gasteiger charge is -2.04. The standard InChI is InChI=1S/C14H15FN2S/c1-9-13(10-4-2-5-11(15)8-10)17-14(18-9)12-6-3-7-16-12/h2,4-5,8,12,16H,3,6-7H2,1H3. The van der Waals surface area contributed by atoms with E-state index >= 15 is 0 Å². The average Bonchev–Trinajstić information content (AvgIpc) is 2.97. The molecule has 0 amide bonds. The molecule has 0 aliphatic carbocycles. The van der Waals surface area contributed by atoms with Crippen LogP contribution in [0.3, 0.4) is 0 Å². The minimum absolute atomic E-state index is 0.208.